The maximum absolute atomic E-state index is 5.15. The smallest absolute Gasteiger partial charge is 0.160 e. The molecule has 2 aromatic heterocycles. The van der Waals surface area contributed by atoms with Gasteiger partial charge in [0.05, 0.1) is 22.8 Å². The lowest BCUT2D eigenvalue weighted by molar-refractivity contribution is 1.18. The van der Waals surface area contributed by atoms with Crippen LogP contribution in [0, 0.1) is 0 Å². The molecule has 0 atom stereocenters. The lowest BCUT2D eigenvalue weighted by Crippen LogP contribution is -1.97. The van der Waals surface area contributed by atoms with Gasteiger partial charge in [0.2, 0.25) is 0 Å². The van der Waals surface area contributed by atoms with Crippen molar-refractivity contribution in [1.82, 2.24) is 19.9 Å². The van der Waals surface area contributed by atoms with Gasteiger partial charge >= 0.3 is 0 Å². The molecule has 4 nitrogen and oxygen atoms in total. The van der Waals surface area contributed by atoms with E-state index >= 15 is 0 Å². The van der Waals surface area contributed by atoms with E-state index in [1.807, 2.05) is 36.4 Å². The molecular formula is C52H34N4. The van der Waals surface area contributed by atoms with Gasteiger partial charge in [-0.05, 0) is 44.8 Å². The summed E-state index contributed by atoms with van der Waals surface area (Å²) in [6.07, 6.45) is 0. The summed E-state index contributed by atoms with van der Waals surface area (Å²) in [5.74, 6) is 1.38. The lowest BCUT2D eigenvalue weighted by atomic mass is 9.99. The van der Waals surface area contributed by atoms with Crippen molar-refractivity contribution in [3.8, 4) is 78.9 Å². The summed E-state index contributed by atoms with van der Waals surface area (Å²) < 4.78 is 0. The van der Waals surface area contributed by atoms with Crippen molar-refractivity contribution >= 4 is 21.5 Å². The zero-order valence-electron chi connectivity index (χ0n) is 30.4. The SMILES string of the molecule is c1ccc(-c2cc(-c3cccc4ccccc34)nc(-c3ccc(-c4ccc(-c5nc(-c6ccccc6)cc(-c6cccc7ccccc67)n5)cc4)cc3)n2)cc1. The van der Waals surface area contributed by atoms with E-state index in [2.05, 4.69) is 170 Å². The second-order valence-corrected chi connectivity index (χ2v) is 13.9. The number of nitrogens with zero attached hydrogens (tertiary/aromatic N) is 4. The van der Waals surface area contributed by atoms with Gasteiger partial charge in [-0.25, -0.2) is 19.9 Å². The van der Waals surface area contributed by atoms with Crippen molar-refractivity contribution in [2.24, 2.45) is 0 Å². The number of rotatable bonds is 7. The maximum Gasteiger partial charge on any atom is 0.160 e. The number of benzene rings is 8. The van der Waals surface area contributed by atoms with Crippen LogP contribution in [0.1, 0.15) is 0 Å². The topological polar surface area (TPSA) is 51.6 Å². The van der Waals surface area contributed by atoms with Gasteiger partial charge in [-0.3, -0.25) is 0 Å². The van der Waals surface area contributed by atoms with Gasteiger partial charge in [0.1, 0.15) is 0 Å². The molecule has 56 heavy (non-hydrogen) atoms. The molecule has 4 heteroatoms. The highest BCUT2D eigenvalue weighted by atomic mass is 14.9. The van der Waals surface area contributed by atoms with Crippen molar-refractivity contribution < 1.29 is 0 Å². The first kappa shape index (κ1) is 33.0. The quantitative estimate of drug-likeness (QED) is 0.165. The summed E-state index contributed by atoms with van der Waals surface area (Å²) in [6, 6.07) is 71.5. The van der Waals surface area contributed by atoms with Crippen LogP contribution in [-0.4, -0.2) is 19.9 Å². The average Bonchev–Trinajstić information content (AvgIpc) is 3.29. The fourth-order valence-corrected chi connectivity index (χ4v) is 7.46. The van der Waals surface area contributed by atoms with E-state index in [1.165, 1.54) is 21.5 Å². The fourth-order valence-electron chi connectivity index (χ4n) is 7.46. The molecule has 0 N–H and O–H groups in total. The molecule has 0 amide bonds. The Morgan fingerprint density at radius 3 is 1.00 bits per heavy atom. The van der Waals surface area contributed by atoms with Crippen molar-refractivity contribution in [2.45, 2.75) is 0 Å². The molecule has 0 saturated heterocycles. The van der Waals surface area contributed by atoms with Crippen LogP contribution < -0.4 is 0 Å². The third kappa shape index (κ3) is 6.40. The second-order valence-electron chi connectivity index (χ2n) is 13.9. The minimum atomic E-state index is 0.689. The molecule has 0 bridgehead atoms. The minimum absolute atomic E-state index is 0.689. The van der Waals surface area contributed by atoms with Crippen LogP contribution >= 0.6 is 0 Å². The molecule has 8 aromatic carbocycles. The Balaban J connectivity index is 1.000. The first-order chi connectivity index (χ1) is 27.7. The van der Waals surface area contributed by atoms with E-state index in [9.17, 15) is 0 Å². The predicted octanol–water partition coefficient (Wildman–Crippen LogP) is 13.2. The highest BCUT2D eigenvalue weighted by Gasteiger charge is 2.15. The fraction of sp³-hybridized carbons (Fsp3) is 0. The van der Waals surface area contributed by atoms with Crippen LogP contribution in [0.4, 0.5) is 0 Å². The van der Waals surface area contributed by atoms with Crippen molar-refractivity contribution in [3.63, 3.8) is 0 Å². The van der Waals surface area contributed by atoms with E-state index < -0.39 is 0 Å². The predicted molar refractivity (Wildman–Crippen MR) is 231 cm³/mol. The Morgan fingerprint density at radius 2 is 0.571 bits per heavy atom. The molecule has 0 fully saturated rings. The van der Waals surface area contributed by atoms with Crippen LogP contribution in [0.15, 0.2) is 206 Å². The largest absolute Gasteiger partial charge is 0.228 e. The molecule has 0 unspecified atom stereocenters. The molecule has 2 heterocycles. The molecule has 262 valence electrons. The van der Waals surface area contributed by atoms with E-state index in [0.717, 1.165) is 67.3 Å². The van der Waals surface area contributed by atoms with Crippen LogP contribution in [0.5, 0.6) is 0 Å². The van der Waals surface area contributed by atoms with Crippen molar-refractivity contribution in [3.05, 3.63) is 206 Å². The molecule has 10 aromatic rings. The van der Waals surface area contributed by atoms with Gasteiger partial charge in [-0.15, -0.1) is 0 Å². The lowest BCUT2D eigenvalue weighted by Gasteiger charge is -2.12. The van der Waals surface area contributed by atoms with Crippen LogP contribution in [0.2, 0.25) is 0 Å². The summed E-state index contributed by atoms with van der Waals surface area (Å²) in [4.78, 5) is 20.4. The number of fused-ring (bicyclic) bond motifs is 2. The van der Waals surface area contributed by atoms with Crippen molar-refractivity contribution in [2.75, 3.05) is 0 Å². The van der Waals surface area contributed by atoms with Gasteiger partial charge in [-0.2, -0.15) is 0 Å². The molecule has 0 radical (unpaired) electrons. The van der Waals surface area contributed by atoms with Crippen LogP contribution in [0.3, 0.4) is 0 Å². The van der Waals surface area contributed by atoms with E-state index in [-0.39, 0.29) is 0 Å². The number of hydrogen-bond acceptors (Lipinski definition) is 4. The zero-order chi connectivity index (χ0) is 37.3. The normalized spacial score (nSPS) is 11.2. The van der Waals surface area contributed by atoms with Gasteiger partial charge in [0.25, 0.3) is 0 Å². The Labute approximate surface area is 325 Å². The highest BCUT2D eigenvalue weighted by Crippen LogP contribution is 2.35. The molecule has 0 spiro atoms. The first-order valence-electron chi connectivity index (χ1n) is 18.8. The van der Waals surface area contributed by atoms with E-state index in [4.69, 9.17) is 19.9 Å². The van der Waals surface area contributed by atoms with Gasteiger partial charge in [0, 0.05) is 33.4 Å². The van der Waals surface area contributed by atoms with E-state index in [0.29, 0.717) is 11.6 Å². The Bertz CT molecular complexity index is 2780. The van der Waals surface area contributed by atoms with Crippen molar-refractivity contribution in [1.29, 1.82) is 0 Å². The molecule has 10 rings (SSSR count). The molecular weight excluding hydrogens is 681 g/mol. The summed E-state index contributed by atoms with van der Waals surface area (Å²) >= 11 is 0. The summed E-state index contributed by atoms with van der Waals surface area (Å²) in [5, 5.41) is 4.70. The standard InChI is InChI=1S/C52H34N4/c1-3-15-39(16-4-1)47-33-49(45-23-11-19-37-13-7-9-21-43(37)45)55-51(53-47)41-29-25-35(26-30-41)36-27-31-42(32-28-36)52-54-48(40-17-5-2-6-18-40)34-50(56-52)46-24-12-20-38-14-8-10-22-44(38)46/h1-34H. The first-order valence-corrected chi connectivity index (χ1v) is 18.8. The molecule has 0 saturated carbocycles. The van der Waals surface area contributed by atoms with E-state index in [1.54, 1.807) is 0 Å². The number of hydrogen-bond donors (Lipinski definition) is 0. The van der Waals surface area contributed by atoms with Gasteiger partial charge < -0.3 is 0 Å². The monoisotopic (exact) mass is 714 g/mol. The Kier molecular flexibility index (Phi) is 8.47. The highest BCUT2D eigenvalue weighted by molar-refractivity contribution is 5.97. The van der Waals surface area contributed by atoms with Gasteiger partial charge in [-0.1, -0.05) is 194 Å². The minimum Gasteiger partial charge on any atom is -0.228 e. The van der Waals surface area contributed by atoms with Crippen LogP contribution in [0.25, 0.3) is 100 Å². The Hall–Kier alpha value is -7.56. The molecule has 0 aliphatic carbocycles. The number of aromatic nitrogens is 4. The zero-order valence-corrected chi connectivity index (χ0v) is 30.4. The maximum atomic E-state index is 5.15. The second kappa shape index (κ2) is 14.3. The molecule has 0 aliphatic rings. The Morgan fingerprint density at radius 1 is 0.232 bits per heavy atom. The summed E-state index contributed by atoms with van der Waals surface area (Å²) in [7, 11) is 0. The average molecular weight is 715 g/mol. The molecule has 0 aliphatic heterocycles. The third-order valence-corrected chi connectivity index (χ3v) is 10.3. The summed E-state index contributed by atoms with van der Waals surface area (Å²) in [5.41, 5.74) is 12.0. The van der Waals surface area contributed by atoms with Crippen LogP contribution in [-0.2, 0) is 0 Å². The van der Waals surface area contributed by atoms with Gasteiger partial charge in [0.15, 0.2) is 11.6 Å². The summed E-state index contributed by atoms with van der Waals surface area (Å²) in [6.45, 7) is 0. The third-order valence-electron chi connectivity index (χ3n) is 10.3.